The molecule has 140 valence electrons. The molecule has 0 radical (unpaired) electrons. The Morgan fingerprint density at radius 2 is 1.48 bits per heavy atom. The van der Waals surface area contributed by atoms with Crippen molar-refractivity contribution in [3.05, 3.63) is 35.9 Å². The summed E-state index contributed by atoms with van der Waals surface area (Å²) in [6, 6.07) is 8.01. The Morgan fingerprint density at radius 3 is 1.92 bits per heavy atom. The lowest BCUT2D eigenvalue weighted by Crippen LogP contribution is -2.67. The second kappa shape index (κ2) is 6.76. The van der Waals surface area contributed by atoms with Gasteiger partial charge in [0.25, 0.3) is 0 Å². The number of hydrogen-bond acceptors (Lipinski definition) is 1. The number of rotatable bonds is 2. The van der Waals surface area contributed by atoms with Crippen molar-refractivity contribution in [2.45, 2.75) is 43.6 Å². The molecule has 1 aliphatic heterocycles. The molecular weight excluding hydrogens is 350 g/mol. The number of carbonyl (C=O) groups is 1. The third-order valence-electron chi connectivity index (χ3n) is 4.54. The number of likely N-dealkylation sites (tertiary alicyclic amines) is 1. The second-order valence-corrected chi connectivity index (χ2v) is 6.22. The number of nitrogens with zero attached hydrogens (tertiary/aromatic N) is 1. The summed E-state index contributed by atoms with van der Waals surface area (Å²) in [7, 11) is 0. The van der Waals surface area contributed by atoms with Crippen LogP contribution in [0.25, 0.3) is 0 Å². The van der Waals surface area contributed by atoms with Crippen LogP contribution in [0.4, 0.5) is 31.1 Å². The van der Waals surface area contributed by atoms with Gasteiger partial charge in [-0.25, -0.2) is 4.79 Å². The van der Waals surface area contributed by atoms with E-state index in [1.807, 2.05) is 30.3 Å². The molecule has 1 N–H and O–H groups in total. The fourth-order valence-electron chi connectivity index (χ4n) is 2.74. The van der Waals surface area contributed by atoms with Crippen molar-refractivity contribution in [3.63, 3.8) is 0 Å². The first-order valence-electron chi connectivity index (χ1n) is 7.71. The van der Waals surface area contributed by atoms with Crippen LogP contribution in [0, 0.1) is 0 Å². The Kier molecular flexibility index (Phi) is 5.24. The Labute approximate surface area is 141 Å². The molecule has 2 amide bonds. The van der Waals surface area contributed by atoms with Gasteiger partial charge in [-0.15, -0.1) is 0 Å². The molecule has 1 aliphatic rings. The van der Waals surface area contributed by atoms with Gasteiger partial charge in [0, 0.05) is 13.1 Å². The third kappa shape index (κ3) is 4.01. The number of urea groups is 1. The van der Waals surface area contributed by atoms with Gasteiger partial charge in [0.2, 0.25) is 5.54 Å². The summed E-state index contributed by atoms with van der Waals surface area (Å²) >= 11 is 0. The smallest absolute Gasteiger partial charge is 0.325 e. The zero-order valence-corrected chi connectivity index (χ0v) is 13.4. The highest BCUT2D eigenvalue weighted by Gasteiger charge is 2.68. The normalized spacial score (nSPS) is 17.5. The van der Waals surface area contributed by atoms with E-state index in [1.54, 1.807) is 0 Å². The highest BCUT2D eigenvalue weighted by Crippen LogP contribution is 2.43. The van der Waals surface area contributed by atoms with E-state index in [2.05, 4.69) is 0 Å². The van der Waals surface area contributed by atoms with Gasteiger partial charge in [-0.2, -0.15) is 26.3 Å². The van der Waals surface area contributed by atoms with Gasteiger partial charge in [0.15, 0.2) is 0 Å². The molecule has 1 fully saturated rings. The van der Waals surface area contributed by atoms with Gasteiger partial charge < -0.3 is 10.2 Å². The van der Waals surface area contributed by atoms with Gasteiger partial charge in [-0.3, -0.25) is 0 Å². The molecule has 25 heavy (non-hydrogen) atoms. The Hall–Kier alpha value is -1.93. The fourth-order valence-corrected chi connectivity index (χ4v) is 2.74. The Morgan fingerprint density at radius 1 is 1.00 bits per heavy atom. The number of alkyl halides is 6. The molecule has 1 saturated heterocycles. The van der Waals surface area contributed by atoms with Crippen LogP contribution in [0.15, 0.2) is 30.3 Å². The molecule has 3 nitrogen and oxygen atoms in total. The minimum absolute atomic E-state index is 0.0678. The lowest BCUT2D eigenvalue weighted by atomic mass is 9.89. The van der Waals surface area contributed by atoms with Crippen LogP contribution in [0.3, 0.4) is 0 Å². The molecule has 0 bridgehead atoms. The second-order valence-electron chi connectivity index (χ2n) is 6.22. The van der Waals surface area contributed by atoms with E-state index in [4.69, 9.17) is 0 Å². The largest absolute Gasteiger partial charge is 0.420 e. The molecule has 0 aliphatic carbocycles. The zero-order valence-electron chi connectivity index (χ0n) is 13.4. The molecular formula is C16H18F6N2O. The number of piperidine rings is 1. The topological polar surface area (TPSA) is 32.3 Å². The number of hydrogen-bond donors (Lipinski definition) is 1. The van der Waals surface area contributed by atoms with Gasteiger partial charge in [-0.1, -0.05) is 30.3 Å². The average molecular weight is 368 g/mol. The summed E-state index contributed by atoms with van der Waals surface area (Å²) < 4.78 is 77.1. The number of amides is 2. The van der Waals surface area contributed by atoms with E-state index in [-0.39, 0.29) is 25.9 Å². The standard InChI is InChI=1S/C16H18F6N2O/c1-14(15(17,18)19,16(20,21)22)23-13(25)24-9-7-12(8-10-24)11-5-3-2-4-6-11/h2-6,12H,7-10H2,1H3,(H,23,25). The van der Waals surface area contributed by atoms with Crippen LogP contribution >= 0.6 is 0 Å². The summed E-state index contributed by atoms with van der Waals surface area (Å²) in [4.78, 5) is 13.0. The summed E-state index contributed by atoms with van der Waals surface area (Å²) in [5.74, 6) is 0.127. The minimum atomic E-state index is -5.65. The summed E-state index contributed by atoms with van der Waals surface area (Å²) in [5.41, 5.74) is -3.24. The number of nitrogens with one attached hydrogen (secondary N) is 1. The summed E-state index contributed by atoms with van der Waals surface area (Å²) in [6.07, 6.45) is -10.3. The lowest BCUT2D eigenvalue weighted by Gasteiger charge is -2.38. The molecule has 1 aromatic carbocycles. The van der Waals surface area contributed by atoms with Crippen LogP contribution in [0.5, 0.6) is 0 Å². The quantitative estimate of drug-likeness (QED) is 0.768. The van der Waals surface area contributed by atoms with Crippen LogP contribution in [-0.4, -0.2) is 41.9 Å². The summed E-state index contributed by atoms with van der Waals surface area (Å²) in [6.45, 7) is 0.121. The number of benzene rings is 1. The van der Waals surface area contributed by atoms with Gasteiger partial charge in [0.05, 0.1) is 0 Å². The van der Waals surface area contributed by atoms with Gasteiger partial charge in [0.1, 0.15) is 0 Å². The molecule has 9 heteroatoms. The monoisotopic (exact) mass is 368 g/mol. The van der Waals surface area contributed by atoms with E-state index < -0.39 is 23.9 Å². The SMILES string of the molecule is CC(NC(=O)N1CCC(c2ccccc2)CC1)(C(F)(F)F)C(F)(F)F. The highest BCUT2D eigenvalue weighted by atomic mass is 19.4. The van der Waals surface area contributed by atoms with E-state index in [9.17, 15) is 31.1 Å². The van der Waals surface area contributed by atoms with Crippen molar-refractivity contribution in [1.82, 2.24) is 10.2 Å². The van der Waals surface area contributed by atoms with Crippen molar-refractivity contribution >= 4 is 6.03 Å². The van der Waals surface area contributed by atoms with Crippen molar-refractivity contribution in [1.29, 1.82) is 0 Å². The third-order valence-corrected chi connectivity index (χ3v) is 4.54. The highest BCUT2D eigenvalue weighted by molar-refractivity contribution is 5.75. The Balaban J connectivity index is 2.02. The minimum Gasteiger partial charge on any atom is -0.325 e. The predicted molar refractivity (Wildman–Crippen MR) is 79.0 cm³/mol. The van der Waals surface area contributed by atoms with Gasteiger partial charge >= 0.3 is 18.4 Å². The summed E-state index contributed by atoms with van der Waals surface area (Å²) in [5, 5.41) is 1.13. The first-order valence-corrected chi connectivity index (χ1v) is 7.71. The lowest BCUT2D eigenvalue weighted by molar-refractivity contribution is -0.298. The Bertz CT molecular complexity index is 577. The maximum absolute atomic E-state index is 12.9. The van der Waals surface area contributed by atoms with E-state index in [1.165, 1.54) is 0 Å². The predicted octanol–water partition coefficient (Wildman–Crippen LogP) is 4.46. The molecule has 0 spiro atoms. The molecule has 1 aromatic rings. The fraction of sp³-hybridized carbons (Fsp3) is 0.562. The van der Waals surface area contributed by atoms with Crippen LogP contribution in [0.1, 0.15) is 31.2 Å². The van der Waals surface area contributed by atoms with Crippen LogP contribution < -0.4 is 5.32 Å². The maximum atomic E-state index is 12.9. The van der Waals surface area contributed by atoms with E-state index in [0.29, 0.717) is 12.8 Å². The van der Waals surface area contributed by atoms with Crippen molar-refractivity contribution in [2.24, 2.45) is 0 Å². The van der Waals surface area contributed by atoms with E-state index >= 15 is 0 Å². The van der Waals surface area contributed by atoms with Gasteiger partial charge in [-0.05, 0) is 31.2 Å². The van der Waals surface area contributed by atoms with Crippen molar-refractivity contribution < 1.29 is 31.1 Å². The molecule has 0 unspecified atom stereocenters. The number of carbonyl (C=O) groups excluding carboxylic acids is 1. The molecule has 2 rings (SSSR count). The molecule has 0 atom stereocenters. The van der Waals surface area contributed by atoms with Crippen molar-refractivity contribution in [3.8, 4) is 0 Å². The van der Waals surface area contributed by atoms with E-state index in [0.717, 1.165) is 15.8 Å². The first kappa shape index (κ1) is 19.4. The first-order chi connectivity index (χ1) is 11.5. The van der Waals surface area contributed by atoms with Crippen LogP contribution in [0.2, 0.25) is 0 Å². The maximum Gasteiger partial charge on any atom is 0.420 e. The number of halogens is 6. The molecule has 1 heterocycles. The molecule has 0 saturated carbocycles. The molecule has 0 aromatic heterocycles. The zero-order chi connectivity index (χ0) is 18.9. The van der Waals surface area contributed by atoms with Crippen molar-refractivity contribution in [2.75, 3.05) is 13.1 Å². The van der Waals surface area contributed by atoms with Crippen LogP contribution in [-0.2, 0) is 0 Å². The average Bonchev–Trinajstić information content (AvgIpc) is 2.53.